The van der Waals surface area contributed by atoms with Gasteiger partial charge in [-0.3, -0.25) is 0 Å². The third kappa shape index (κ3) is 3.34. The third-order valence-electron chi connectivity index (χ3n) is 2.60. The first-order chi connectivity index (χ1) is 8.99. The summed E-state index contributed by atoms with van der Waals surface area (Å²) >= 11 is 10.5. The van der Waals surface area contributed by atoms with Gasteiger partial charge in [-0.05, 0) is 34.1 Å². The number of urea groups is 1. The summed E-state index contributed by atoms with van der Waals surface area (Å²) < 4.78 is 0.664. The zero-order chi connectivity index (χ0) is 14.0. The second-order valence-corrected chi connectivity index (χ2v) is 6.14. The lowest BCUT2D eigenvalue weighted by Crippen LogP contribution is -2.43. The Labute approximate surface area is 127 Å². The van der Waals surface area contributed by atoms with Crippen molar-refractivity contribution in [2.75, 3.05) is 16.9 Å². The molecule has 19 heavy (non-hydrogen) atoms. The van der Waals surface area contributed by atoms with Crippen LogP contribution in [0.1, 0.15) is 0 Å². The summed E-state index contributed by atoms with van der Waals surface area (Å²) in [5, 5.41) is 12.2. The van der Waals surface area contributed by atoms with E-state index in [0.717, 1.165) is 0 Å². The highest BCUT2D eigenvalue weighted by molar-refractivity contribution is 9.10. The molecule has 5 nitrogen and oxygen atoms in total. The molecule has 8 heteroatoms. The quantitative estimate of drug-likeness (QED) is 0.845. The van der Waals surface area contributed by atoms with E-state index in [1.54, 1.807) is 18.2 Å². The van der Waals surface area contributed by atoms with Gasteiger partial charge < -0.3 is 15.3 Å². The van der Waals surface area contributed by atoms with Crippen molar-refractivity contribution in [2.24, 2.45) is 0 Å². The van der Waals surface area contributed by atoms with Gasteiger partial charge in [-0.25, -0.2) is 9.59 Å². The molecule has 1 saturated heterocycles. The smallest absolute Gasteiger partial charge is 0.327 e. The number of nitrogens with one attached hydrogen (secondary N) is 1. The van der Waals surface area contributed by atoms with Gasteiger partial charge >= 0.3 is 12.0 Å². The maximum Gasteiger partial charge on any atom is 0.327 e. The fourth-order valence-electron chi connectivity index (χ4n) is 1.62. The Bertz CT molecular complexity index is 529. The molecule has 1 atom stereocenters. The minimum absolute atomic E-state index is 0.373. The molecule has 2 amide bonds. The number of carbonyl (C=O) groups excluding carboxylic acids is 1. The topological polar surface area (TPSA) is 69.6 Å². The van der Waals surface area contributed by atoms with Gasteiger partial charge in [0.2, 0.25) is 0 Å². The molecule has 0 saturated carbocycles. The van der Waals surface area contributed by atoms with E-state index in [1.807, 2.05) is 0 Å². The van der Waals surface area contributed by atoms with Crippen molar-refractivity contribution < 1.29 is 14.7 Å². The Hall–Kier alpha value is -0.920. The van der Waals surface area contributed by atoms with Crippen LogP contribution in [0.3, 0.4) is 0 Å². The van der Waals surface area contributed by atoms with E-state index in [1.165, 1.54) is 16.7 Å². The number of anilines is 1. The maximum atomic E-state index is 12.0. The molecule has 2 N–H and O–H groups in total. The maximum absolute atomic E-state index is 12.0. The Morgan fingerprint density at radius 3 is 2.89 bits per heavy atom. The van der Waals surface area contributed by atoms with Crippen LogP contribution in [-0.2, 0) is 4.79 Å². The van der Waals surface area contributed by atoms with Crippen LogP contribution in [0, 0.1) is 0 Å². The molecule has 1 heterocycles. The van der Waals surface area contributed by atoms with Gasteiger partial charge in [0.15, 0.2) is 0 Å². The number of thioether (sulfide) groups is 1. The minimum Gasteiger partial charge on any atom is -0.480 e. The van der Waals surface area contributed by atoms with Crippen molar-refractivity contribution in [2.45, 2.75) is 6.04 Å². The number of nitrogens with zero attached hydrogens (tertiary/aromatic N) is 1. The van der Waals surface area contributed by atoms with Crippen molar-refractivity contribution in [3.05, 3.63) is 27.7 Å². The molecule has 0 bridgehead atoms. The van der Waals surface area contributed by atoms with E-state index in [4.69, 9.17) is 16.7 Å². The van der Waals surface area contributed by atoms with Crippen LogP contribution >= 0.6 is 39.3 Å². The zero-order valence-corrected chi connectivity index (χ0v) is 12.8. The molecular weight excluding hydrogens is 356 g/mol. The normalized spacial score (nSPS) is 18.4. The SMILES string of the molecule is O=C(O)[C@@H]1CSCN1C(=O)Nc1ccc(Cl)c(Br)c1. The number of aliphatic carboxylic acids is 1. The Morgan fingerprint density at radius 1 is 1.53 bits per heavy atom. The van der Waals surface area contributed by atoms with Gasteiger partial charge in [-0.1, -0.05) is 11.6 Å². The van der Waals surface area contributed by atoms with Gasteiger partial charge in [0.05, 0.1) is 10.9 Å². The van der Waals surface area contributed by atoms with Crippen LogP contribution in [0.25, 0.3) is 0 Å². The van der Waals surface area contributed by atoms with Gasteiger partial charge in [0.25, 0.3) is 0 Å². The summed E-state index contributed by atoms with van der Waals surface area (Å²) in [6, 6.07) is 3.77. The highest BCUT2D eigenvalue weighted by Gasteiger charge is 2.34. The predicted octanol–water partition coefficient (Wildman–Crippen LogP) is 3.09. The number of carboxylic acids is 1. The van der Waals surface area contributed by atoms with E-state index in [2.05, 4.69) is 21.2 Å². The second kappa shape index (κ2) is 6.02. The minimum atomic E-state index is -0.988. The third-order valence-corrected chi connectivity index (χ3v) is 4.83. The Balaban J connectivity index is 2.08. The highest BCUT2D eigenvalue weighted by atomic mass is 79.9. The number of carboxylic acid groups (broad SMARTS) is 1. The lowest BCUT2D eigenvalue weighted by Gasteiger charge is -2.21. The lowest BCUT2D eigenvalue weighted by molar-refractivity contribution is -0.140. The van der Waals surface area contributed by atoms with E-state index >= 15 is 0 Å². The molecule has 1 aliphatic rings. The van der Waals surface area contributed by atoms with E-state index in [0.29, 0.717) is 26.8 Å². The summed E-state index contributed by atoms with van der Waals surface area (Å²) in [4.78, 5) is 24.3. The van der Waals surface area contributed by atoms with Crippen molar-refractivity contribution in [3.8, 4) is 0 Å². The van der Waals surface area contributed by atoms with Gasteiger partial charge in [0, 0.05) is 15.9 Å². The number of hydrogen-bond donors (Lipinski definition) is 2. The van der Waals surface area contributed by atoms with E-state index in [9.17, 15) is 9.59 Å². The number of rotatable bonds is 2. The monoisotopic (exact) mass is 364 g/mol. The summed E-state index contributed by atoms with van der Waals surface area (Å²) in [6.07, 6.45) is 0. The van der Waals surface area contributed by atoms with Crippen LogP contribution in [0.2, 0.25) is 5.02 Å². The van der Waals surface area contributed by atoms with Crippen LogP contribution in [0.4, 0.5) is 10.5 Å². The first kappa shape index (κ1) is 14.5. The molecule has 0 radical (unpaired) electrons. The molecule has 1 aliphatic heterocycles. The number of carbonyl (C=O) groups is 2. The number of halogens is 2. The van der Waals surface area contributed by atoms with Crippen molar-refractivity contribution in [1.29, 1.82) is 0 Å². The zero-order valence-electron chi connectivity index (χ0n) is 9.60. The fourth-order valence-corrected chi connectivity index (χ4v) is 3.26. The highest BCUT2D eigenvalue weighted by Crippen LogP contribution is 2.27. The predicted molar refractivity (Wildman–Crippen MR) is 78.8 cm³/mol. The molecule has 1 fully saturated rings. The van der Waals surface area contributed by atoms with E-state index in [-0.39, 0.29) is 0 Å². The standard InChI is InChI=1S/C11H10BrClN2O3S/c12-7-3-6(1-2-8(7)13)14-11(18)15-5-19-4-9(15)10(16)17/h1-3,9H,4-5H2,(H,14,18)(H,16,17)/t9-/m0/s1. The molecule has 102 valence electrons. The molecular formula is C11H10BrClN2O3S. The largest absolute Gasteiger partial charge is 0.480 e. The molecule has 2 rings (SSSR count). The van der Waals surface area contributed by atoms with Crippen LogP contribution in [0.15, 0.2) is 22.7 Å². The number of hydrogen-bond acceptors (Lipinski definition) is 3. The van der Waals surface area contributed by atoms with Crippen LogP contribution < -0.4 is 5.32 Å². The lowest BCUT2D eigenvalue weighted by atomic mass is 10.3. The molecule has 0 unspecified atom stereocenters. The summed E-state index contributed by atoms with van der Waals surface area (Å²) in [6.45, 7) is 0. The fraction of sp³-hybridized carbons (Fsp3) is 0.273. The average molecular weight is 366 g/mol. The Morgan fingerprint density at radius 2 is 2.26 bits per heavy atom. The first-order valence-corrected chi connectivity index (χ1v) is 7.65. The van der Waals surface area contributed by atoms with E-state index < -0.39 is 18.0 Å². The molecule has 0 aliphatic carbocycles. The van der Waals surface area contributed by atoms with Gasteiger partial charge in [0.1, 0.15) is 6.04 Å². The van der Waals surface area contributed by atoms with Crippen molar-refractivity contribution >= 4 is 57.0 Å². The first-order valence-electron chi connectivity index (χ1n) is 5.32. The Kier molecular flexibility index (Phi) is 4.59. The second-order valence-electron chi connectivity index (χ2n) is 3.88. The number of benzene rings is 1. The van der Waals surface area contributed by atoms with Crippen molar-refractivity contribution in [3.63, 3.8) is 0 Å². The summed E-state index contributed by atoms with van der Waals surface area (Å²) in [7, 11) is 0. The van der Waals surface area contributed by atoms with Crippen molar-refractivity contribution in [1.82, 2.24) is 4.90 Å². The van der Waals surface area contributed by atoms with Gasteiger partial charge in [-0.15, -0.1) is 11.8 Å². The summed E-state index contributed by atoms with van der Waals surface area (Å²) in [5.41, 5.74) is 0.558. The number of amides is 2. The van der Waals surface area contributed by atoms with Gasteiger partial charge in [-0.2, -0.15) is 0 Å². The average Bonchev–Trinajstić information content (AvgIpc) is 2.83. The molecule has 0 spiro atoms. The summed E-state index contributed by atoms with van der Waals surface area (Å²) in [5.74, 6) is -0.206. The molecule has 1 aromatic carbocycles. The molecule has 0 aromatic heterocycles. The van der Waals surface area contributed by atoms with Crippen LogP contribution in [0.5, 0.6) is 0 Å². The van der Waals surface area contributed by atoms with Crippen LogP contribution in [-0.4, -0.2) is 39.7 Å². The molecule has 1 aromatic rings.